The molecule has 0 amide bonds. The molecule has 0 N–H and O–H groups in total. The van der Waals surface area contributed by atoms with Crippen molar-refractivity contribution in [1.82, 2.24) is 0 Å². The van der Waals surface area contributed by atoms with Gasteiger partial charge in [0, 0.05) is 16.1 Å². The van der Waals surface area contributed by atoms with Crippen molar-refractivity contribution < 1.29 is 18.7 Å². The minimum atomic E-state index is -0.552. The zero-order valence-corrected chi connectivity index (χ0v) is 15.9. The van der Waals surface area contributed by atoms with Gasteiger partial charge in [0.1, 0.15) is 18.2 Å². The van der Waals surface area contributed by atoms with E-state index in [1.807, 2.05) is 36.4 Å². The second kappa shape index (κ2) is 8.29. The topological polar surface area (TPSA) is 47.9 Å². The van der Waals surface area contributed by atoms with Crippen LogP contribution in [0.5, 0.6) is 5.75 Å². The molecule has 144 valence electrons. The SMILES string of the molecule is O=C1OC(c2ccc(F)cc2)=N/C1=C/c1ccc(OCc2ccccc2Cl)cc1. The third kappa shape index (κ3) is 4.52. The average Bonchev–Trinajstić information content (AvgIpc) is 3.09. The number of nitrogens with zero attached hydrogens (tertiary/aromatic N) is 1. The van der Waals surface area contributed by atoms with Crippen molar-refractivity contribution in [2.45, 2.75) is 6.61 Å². The highest BCUT2D eigenvalue weighted by Gasteiger charge is 2.24. The Bertz CT molecular complexity index is 1110. The summed E-state index contributed by atoms with van der Waals surface area (Å²) in [6, 6.07) is 20.3. The summed E-state index contributed by atoms with van der Waals surface area (Å²) >= 11 is 6.13. The normalized spacial score (nSPS) is 14.6. The fourth-order valence-corrected chi connectivity index (χ4v) is 2.91. The Kier molecular flexibility index (Phi) is 5.40. The summed E-state index contributed by atoms with van der Waals surface area (Å²) in [5.41, 5.74) is 2.38. The molecule has 0 bridgehead atoms. The van der Waals surface area contributed by atoms with Gasteiger partial charge >= 0.3 is 5.97 Å². The molecule has 0 spiro atoms. The van der Waals surface area contributed by atoms with E-state index in [2.05, 4.69) is 4.99 Å². The lowest BCUT2D eigenvalue weighted by Gasteiger charge is -2.07. The molecule has 0 radical (unpaired) electrons. The van der Waals surface area contributed by atoms with Gasteiger partial charge in [0.25, 0.3) is 0 Å². The van der Waals surface area contributed by atoms with E-state index in [-0.39, 0.29) is 17.4 Å². The van der Waals surface area contributed by atoms with Gasteiger partial charge < -0.3 is 9.47 Å². The first-order valence-electron chi connectivity index (χ1n) is 8.83. The van der Waals surface area contributed by atoms with Crippen molar-refractivity contribution in [3.05, 3.63) is 106 Å². The lowest BCUT2D eigenvalue weighted by Crippen LogP contribution is -2.05. The number of aliphatic imine (C=N–C) groups is 1. The van der Waals surface area contributed by atoms with E-state index >= 15 is 0 Å². The first-order chi connectivity index (χ1) is 14.1. The summed E-state index contributed by atoms with van der Waals surface area (Å²) in [6.07, 6.45) is 1.62. The van der Waals surface area contributed by atoms with Crippen LogP contribution in [-0.4, -0.2) is 11.9 Å². The molecule has 1 heterocycles. The molecule has 29 heavy (non-hydrogen) atoms. The highest BCUT2D eigenvalue weighted by Crippen LogP contribution is 2.22. The maximum absolute atomic E-state index is 13.0. The predicted molar refractivity (Wildman–Crippen MR) is 109 cm³/mol. The fourth-order valence-electron chi connectivity index (χ4n) is 2.72. The number of hydrogen-bond acceptors (Lipinski definition) is 4. The average molecular weight is 408 g/mol. The van der Waals surface area contributed by atoms with Crippen molar-refractivity contribution in [1.29, 1.82) is 0 Å². The number of ether oxygens (including phenoxy) is 2. The Morgan fingerprint density at radius 2 is 1.72 bits per heavy atom. The first-order valence-corrected chi connectivity index (χ1v) is 9.21. The molecule has 4 rings (SSSR count). The minimum Gasteiger partial charge on any atom is -0.489 e. The van der Waals surface area contributed by atoms with Gasteiger partial charge in [-0.2, -0.15) is 0 Å². The van der Waals surface area contributed by atoms with E-state index in [0.29, 0.717) is 22.9 Å². The number of carbonyl (C=O) groups excluding carboxylic acids is 1. The number of benzene rings is 3. The van der Waals surface area contributed by atoms with Gasteiger partial charge in [0.15, 0.2) is 5.70 Å². The number of halogens is 2. The quantitative estimate of drug-likeness (QED) is 0.420. The lowest BCUT2D eigenvalue weighted by molar-refractivity contribution is -0.129. The molecule has 1 aliphatic rings. The molecular weight excluding hydrogens is 393 g/mol. The number of esters is 1. The zero-order valence-electron chi connectivity index (χ0n) is 15.1. The molecule has 0 fully saturated rings. The van der Waals surface area contributed by atoms with Gasteiger partial charge in [0.05, 0.1) is 0 Å². The predicted octanol–water partition coefficient (Wildman–Crippen LogP) is 5.40. The largest absolute Gasteiger partial charge is 0.489 e. The molecular formula is C23H15ClFNO3. The Labute approximate surface area is 171 Å². The van der Waals surface area contributed by atoms with Crippen molar-refractivity contribution in [3.63, 3.8) is 0 Å². The maximum atomic E-state index is 13.0. The van der Waals surface area contributed by atoms with Crippen LogP contribution in [-0.2, 0) is 16.1 Å². The van der Waals surface area contributed by atoms with E-state index in [0.717, 1.165) is 11.1 Å². The van der Waals surface area contributed by atoms with Crippen molar-refractivity contribution >= 4 is 29.5 Å². The molecule has 0 atom stereocenters. The Morgan fingerprint density at radius 1 is 1.00 bits per heavy atom. The van der Waals surface area contributed by atoms with Crippen LogP contribution in [0.25, 0.3) is 6.08 Å². The van der Waals surface area contributed by atoms with Gasteiger partial charge in [-0.1, -0.05) is 41.9 Å². The number of rotatable bonds is 5. The summed E-state index contributed by atoms with van der Waals surface area (Å²) < 4.78 is 24.0. The van der Waals surface area contributed by atoms with Crippen LogP contribution >= 0.6 is 11.6 Å². The van der Waals surface area contributed by atoms with E-state index in [4.69, 9.17) is 21.1 Å². The second-order valence-electron chi connectivity index (χ2n) is 6.29. The van der Waals surface area contributed by atoms with Crippen LogP contribution in [0.2, 0.25) is 5.02 Å². The first kappa shape index (κ1) is 18.9. The van der Waals surface area contributed by atoms with Crippen LogP contribution < -0.4 is 4.74 Å². The Morgan fingerprint density at radius 3 is 2.45 bits per heavy atom. The molecule has 0 unspecified atom stereocenters. The highest BCUT2D eigenvalue weighted by atomic mass is 35.5. The van der Waals surface area contributed by atoms with E-state index < -0.39 is 5.97 Å². The van der Waals surface area contributed by atoms with Gasteiger partial charge in [-0.05, 0) is 54.1 Å². The van der Waals surface area contributed by atoms with Crippen LogP contribution in [0.15, 0.2) is 83.5 Å². The molecule has 0 saturated carbocycles. The summed E-state index contributed by atoms with van der Waals surface area (Å²) in [5.74, 6) is -0.0906. The minimum absolute atomic E-state index is 0.154. The van der Waals surface area contributed by atoms with E-state index in [1.54, 1.807) is 18.2 Å². The van der Waals surface area contributed by atoms with Gasteiger partial charge in [-0.25, -0.2) is 14.2 Å². The van der Waals surface area contributed by atoms with Gasteiger partial charge in [-0.15, -0.1) is 0 Å². The third-order valence-electron chi connectivity index (χ3n) is 4.25. The molecule has 0 aliphatic carbocycles. The van der Waals surface area contributed by atoms with Crippen molar-refractivity contribution in [3.8, 4) is 5.75 Å². The van der Waals surface area contributed by atoms with Crippen molar-refractivity contribution in [2.75, 3.05) is 0 Å². The zero-order chi connectivity index (χ0) is 20.2. The summed E-state index contributed by atoms with van der Waals surface area (Å²) in [7, 11) is 0. The van der Waals surface area contributed by atoms with Crippen LogP contribution in [0, 0.1) is 5.82 Å². The number of hydrogen-bond donors (Lipinski definition) is 0. The Balaban J connectivity index is 1.46. The van der Waals surface area contributed by atoms with Gasteiger partial charge in [-0.3, -0.25) is 0 Å². The molecule has 3 aromatic carbocycles. The fraction of sp³-hybridized carbons (Fsp3) is 0.0435. The number of carbonyl (C=O) groups is 1. The third-order valence-corrected chi connectivity index (χ3v) is 4.62. The summed E-state index contributed by atoms with van der Waals surface area (Å²) in [6.45, 7) is 0.359. The molecule has 6 heteroatoms. The Hall–Kier alpha value is -3.44. The monoisotopic (exact) mass is 407 g/mol. The highest BCUT2D eigenvalue weighted by molar-refractivity contribution is 6.31. The van der Waals surface area contributed by atoms with Crippen LogP contribution in [0.4, 0.5) is 4.39 Å². The van der Waals surface area contributed by atoms with E-state index in [9.17, 15) is 9.18 Å². The molecule has 0 aromatic heterocycles. The molecule has 1 aliphatic heterocycles. The van der Waals surface area contributed by atoms with Crippen molar-refractivity contribution in [2.24, 2.45) is 4.99 Å². The second-order valence-corrected chi connectivity index (χ2v) is 6.70. The van der Waals surface area contributed by atoms with Crippen LogP contribution in [0.1, 0.15) is 16.7 Å². The lowest BCUT2D eigenvalue weighted by atomic mass is 10.2. The summed E-state index contributed by atoms with van der Waals surface area (Å²) in [5, 5.41) is 0.656. The molecule has 0 saturated heterocycles. The maximum Gasteiger partial charge on any atom is 0.363 e. The molecule has 3 aromatic rings. The number of cyclic esters (lactones) is 1. The summed E-state index contributed by atoms with van der Waals surface area (Å²) in [4.78, 5) is 16.3. The van der Waals surface area contributed by atoms with Gasteiger partial charge in [0.2, 0.25) is 5.90 Å². The van der Waals surface area contributed by atoms with Crippen LogP contribution in [0.3, 0.4) is 0 Å². The standard InChI is InChI=1S/C23H15ClFNO3/c24-20-4-2-1-3-17(20)14-28-19-11-5-15(6-12-19)13-21-23(27)29-22(26-21)16-7-9-18(25)10-8-16/h1-13H,14H2/b21-13+. The van der Waals surface area contributed by atoms with E-state index in [1.165, 1.54) is 24.3 Å². The molecule has 4 nitrogen and oxygen atoms in total. The smallest absolute Gasteiger partial charge is 0.363 e.